The normalized spacial score (nSPS) is 20.9. The Kier molecular flexibility index (Phi) is 5.64. The van der Waals surface area contributed by atoms with E-state index in [1.165, 1.54) is 6.42 Å². The first-order valence-electron chi connectivity index (χ1n) is 13.6. The summed E-state index contributed by atoms with van der Waals surface area (Å²) in [5.41, 5.74) is 3.35. The summed E-state index contributed by atoms with van der Waals surface area (Å²) in [7, 11) is 1.82. The molecule has 0 spiro atoms. The Morgan fingerprint density at radius 2 is 1.79 bits per heavy atom. The molecule has 2 saturated heterocycles. The third-order valence-corrected chi connectivity index (χ3v) is 8.20. The van der Waals surface area contributed by atoms with Crippen molar-refractivity contribution in [1.29, 1.82) is 0 Å². The van der Waals surface area contributed by atoms with Gasteiger partial charge in [0.2, 0.25) is 17.7 Å². The van der Waals surface area contributed by atoms with Crippen LogP contribution in [0.1, 0.15) is 26.2 Å². The third kappa shape index (κ3) is 4.43. The molecule has 5 heterocycles. The molecule has 39 heavy (non-hydrogen) atoms. The Hall–Kier alpha value is -4.21. The SMILES string of the molecule is CNc1ncc(-c2nc3cc(N4CC5CC(CN(C(C)=O)C5)C4)ccc3o2)c2cc(NC(=O)C3CC3)ncc12. The summed E-state index contributed by atoms with van der Waals surface area (Å²) in [4.78, 5) is 42.6. The smallest absolute Gasteiger partial charge is 0.229 e. The Morgan fingerprint density at radius 1 is 1.00 bits per heavy atom. The quantitative estimate of drug-likeness (QED) is 0.400. The average molecular weight is 526 g/mol. The number of amides is 2. The molecule has 1 saturated carbocycles. The zero-order chi connectivity index (χ0) is 26.7. The van der Waals surface area contributed by atoms with Gasteiger partial charge in [-0.25, -0.2) is 15.0 Å². The van der Waals surface area contributed by atoms with Gasteiger partial charge in [0.1, 0.15) is 17.2 Å². The van der Waals surface area contributed by atoms with Gasteiger partial charge in [-0.2, -0.15) is 0 Å². The van der Waals surface area contributed by atoms with Crippen LogP contribution in [0, 0.1) is 17.8 Å². The van der Waals surface area contributed by atoms with Crippen LogP contribution in [0.3, 0.4) is 0 Å². The molecule has 200 valence electrons. The van der Waals surface area contributed by atoms with Gasteiger partial charge < -0.3 is 24.9 Å². The van der Waals surface area contributed by atoms with Crippen LogP contribution in [0.25, 0.3) is 33.3 Å². The highest BCUT2D eigenvalue weighted by atomic mass is 16.3. The van der Waals surface area contributed by atoms with E-state index in [-0.39, 0.29) is 17.7 Å². The van der Waals surface area contributed by atoms with E-state index < -0.39 is 0 Å². The van der Waals surface area contributed by atoms with Crippen LogP contribution in [0.5, 0.6) is 0 Å². The molecule has 2 atom stereocenters. The minimum absolute atomic E-state index is 0.0107. The Labute approximate surface area is 225 Å². The number of likely N-dealkylation sites (tertiary alicyclic amines) is 1. The number of nitrogens with zero attached hydrogens (tertiary/aromatic N) is 5. The molecule has 2 amide bonds. The standard InChI is InChI=1S/C29H31N7O3/c1-16(37)35-12-17-7-18(13-35)15-36(14-17)20-5-6-25-24(8-20)33-29(39-25)23-11-32-27(30-2)22-10-31-26(9-21(22)23)34-28(38)19-3-4-19/h5-6,8-11,17-19H,3-4,7,12-15H2,1-2H3,(H,30,32)(H,31,34,38). The van der Waals surface area contributed by atoms with Crippen LogP contribution in [-0.2, 0) is 9.59 Å². The van der Waals surface area contributed by atoms with Crippen molar-refractivity contribution in [3.8, 4) is 11.5 Å². The molecule has 10 heteroatoms. The summed E-state index contributed by atoms with van der Waals surface area (Å²) in [5, 5.41) is 7.72. The second-order valence-corrected chi connectivity index (χ2v) is 11.1. The van der Waals surface area contributed by atoms with Gasteiger partial charge >= 0.3 is 0 Å². The van der Waals surface area contributed by atoms with Gasteiger partial charge in [-0.15, -0.1) is 0 Å². The summed E-state index contributed by atoms with van der Waals surface area (Å²) >= 11 is 0. The minimum Gasteiger partial charge on any atom is -0.436 e. The lowest BCUT2D eigenvalue weighted by molar-refractivity contribution is -0.132. The van der Waals surface area contributed by atoms with E-state index >= 15 is 0 Å². The molecular weight excluding hydrogens is 494 g/mol. The predicted octanol–water partition coefficient (Wildman–Crippen LogP) is 4.13. The number of anilines is 3. The summed E-state index contributed by atoms with van der Waals surface area (Å²) in [6.45, 7) is 5.19. The van der Waals surface area contributed by atoms with Crippen molar-refractivity contribution in [1.82, 2.24) is 19.9 Å². The molecule has 10 nitrogen and oxygen atoms in total. The van der Waals surface area contributed by atoms with Crippen molar-refractivity contribution in [3.63, 3.8) is 0 Å². The second-order valence-electron chi connectivity index (χ2n) is 11.1. The highest BCUT2D eigenvalue weighted by molar-refractivity contribution is 6.03. The van der Waals surface area contributed by atoms with Crippen molar-refractivity contribution >= 4 is 51.0 Å². The third-order valence-electron chi connectivity index (χ3n) is 8.20. The van der Waals surface area contributed by atoms with Crippen molar-refractivity contribution in [2.75, 3.05) is 48.8 Å². The first-order valence-corrected chi connectivity index (χ1v) is 13.6. The molecule has 2 N–H and O–H groups in total. The molecule has 2 bridgehead atoms. The zero-order valence-corrected chi connectivity index (χ0v) is 22.1. The molecule has 3 fully saturated rings. The van der Waals surface area contributed by atoms with E-state index in [0.717, 1.165) is 66.6 Å². The maximum absolute atomic E-state index is 12.4. The van der Waals surface area contributed by atoms with Gasteiger partial charge in [-0.3, -0.25) is 9.59 Å². The molecule has 3 aromatic heterocycles. The fourth-order valence-electron chi connectivity index (χ4n) is 6.12. The van der Waals surface area contributed by atoms with Crippen LogP contribution in [-0.4, -0.2) is 64.9 Å². The number of aromatic nitrogens is 3. The van der Waals surface area contributed by atoms with Gasteiger partial charge in [0.15, 0.2) is 5.58 Å². The van der Waals surface area contributed by atoms with E-state index in [0.29, 0.717) is 34.9 Å². The number of hydrogen-bond donors (Lipinski definition) is 2. The molecule has 2 aliphatic heterocycles. The Morgan fingerprint density at radius 3 is 2.51 bits per heavy atom. The van der Waals surface area contributed by atoms with Crippen molar-refractivity contribution in [3.05, 3.63) is 36.7 Å². The number of piperidine rings is 2. The number of carbonyl (C=O) groups excluding carboxylic acids is 2. The van der Waals surface area contributed by atoms with E-state index in [2.05, 4.69) is 37.6 Å². The lowest BCUT2D eigenvalue weighted by atomic mass is 9.84. The summed E-state index contributed by atoms with van der Waals surface area (Å²) in [6, 6.07) is 8.03. The molecular formula is C29H31N7O3. The second kappa shape index (κ2) is 9.21. The molecule has 0 radical (unpaired) electrons. The maximum atomic E-state index is 12.4. The van der Waals surface area contributed by atoms with Crippen LogP contribution in [0.15, 0.2) is 41.1 Å². The van der Waals surface area contributed by atoms with Crippen LogP contribution < -0.4 is 15.5 Å². The summed E-state index contributed by atoms with van der Waals surface area (Å²) in [5.74, 6) is 2.91. The highest BCUT2D eigenvalue weighted by Crippen LogP contribution is 2.37. The average Bonchev–Trinajstić information content (AvgIpc) is 3.70. The zero-order valence-electron chi connectivity index (χ0n) is 22.1. The predicted molar refractivity (Wildman–Crippen MR) is 150 cm³/mol. The molecule has 7 rings (SSSR count). The maximum Gasteiger partial charge on any atom is 0.229 e. The molecule has 2 unspecified atom stereocenters. The summed E-state index contributed by atoms with van der Waals surface area (Å²) in [6.07, 6.45) is 6.51. The van der Waals surface area contributed by atoms with Gasteiger partial charge in [-0.05, 0) is 55.4 Å². The molecule has 1 aromatic carbocycles. The first-order chi connectivity index (χ1) is 18.9. The number of benzene rings is 1. The number of pyridine rings is 2. The van der Waals surface area contributed by atoms with Crippen LogP contribution in [0.4, 0.5) is 17.3 Å². The number of nitrogens with one attached hydrogen (secondary N) is 2. The van der Waals surface area contributed by atoms with E-state index in [4.69, 9.17) is 9.40 Å². The van der Waals surface area contributed by atoms with Crippen LogP contribution >= 0.6 is 0 Å². The van der Waals surface area contributed by atoms with Gasteiger partial charge in [-0.1, -0.05) is 0 Å². The first kappa shape index (κ1) is 23.9. The monoisotopic (exact) mass is 525 g/mol. The fourth-order valence-corrected chi connectivity index (χ4v) is 6.12. The van der Waals surface area contributed by atoms with Gasteiger partial charge in [0, 0.05) is 74.9 Å². The van der Waals surface area contributed by atoms with Crippen molar-refractivity contribution in [2.24, 2.45) is 17.8 Å². The summed E-state index contributed by atoms with van der Waals surface area (Å²) < 4.78 is 6.22. The van der Waals surface area contributed by atoms with E-state index in [1.54, 1.807) is 19.3 Å². The minimum atomic E-state index is 0.0107. The van der Waals surface area contributed by atoms with Crippen molar-refractivity contribution < 1.29 is 14.0 Å². The molecule has 3 aliphatic rings. The Bertz CT molecular complexity index is 1600. The fraction of sp³-hybridized carbons (Fsp3) is 0.414. The number of oxazole rings is 1. The highest BCUT2D eigenvalue weighted by Gasteiger charge is 2.35. The van der Waals surface area contributed by atoms with Crippen LogP contribution in [0.2, 0.25) is 0 Å². The number of hydrogen-bond acceptors (Lipinski definition) is 8. The molecule has 1 aliphatic carbocycles. The van der Waals surface area contributed by atoms with E-state index in [1.807, 2.05) is 24.1 Å². The van der Waals surface area contributed by atoms with E-state index in [9.17, 15) is 9.59 Å². The number of fused-ring (bicyclic) bond motifs is 4. The van der Waals surface area contributed by atoms with Gasteiger partial charge in [0.05, 0.1) is 5.56 Å². The number of rotatable bonds is 5. The molecule has 4 aromatic rings. The Balaban J connectivity index is 1.21. The number of carbonyl (C=O) groups is 2. The van der Waals surface area contributed by atoms with Crippen molar-refractivity contribution in [2.45, 2.75) is 26.2 Å². The lowest BCUT2D eigenvalue weighted by Gasteiger charge is -2.46. The lowest BCUT2D eigenvalue weighted by Crippen LogP contribution is -2.53. The largest absolute Gasteiger partial charge is 0.436 e. The van der Waals surface area contributed by atoms with Gasteiger partial charge in [0.25, 0.3) is 0 Å². The topological polar surface area (TPSA) is 116 Å².